The maximum atomic E-state index is 14.2. The van der Waals surface area contributed by atoms with Crippen LogP contribution in [-0.4, -0.2) is 74.4 Å². The van der Waals surface area contributed by atoms with Gasteiger partial charge in [0.2, 0.25) is 0 Å². The molecule has 2 aromatic carbocycles. The number of non-ortho nitro benzene ring substituents is 1. The molecule has 2 aliphatic rings. The van der Waals surface area contributed by atoms with Gasteiger partial charge in [-0.2, -0.15) is 0 Å². The average molecular weight is 608 g/mol. The molecule has 3 heterocycles. The Morgan fingerprint density at radius 3 is 2.53 bits per heavy atom. The summed E-state index contributed by atoms with van der Waals surface area (Å²) in [7, 11) is 5.09. The number of likely N-dealkylation sites (N-methyl/N-ethyl adjacent to an activating group) is 1. The van der Waals surface area contributed by atoms with Crippen LogP contribution < -0.4 is 29.3 Å². The number of nitro benzene ring substituents is 1. The average Bonchev–Trinajstić information content (AvgIpc) is 3.30. The number of anilines is 1. The first-order valence-electron chi connectivity index (χ1n) is 13.8. The van der Waals surface area contributed by atoms with E-state index < -0.39 is 22.5 Å². The number of hydrogen-bond acceptors (Lipinski definition) is 11. The van der Waals surface area contributed by atoms with Gasteiger partial charge in [-0.1, -0.05) is 11.3 Å². The molecule has 13 heteroatoms. The summed E-state index contributed by atoms with van der Waals surface area (Å²) >= 11 is 1.16. The summed E-state index contributed by atoms with van der Waals surface area (Å²) in [5.74, 6) is 0.386. The molecule has 226 valence electrons. The van der Waals surface area contributed by atoms with Crippen LogP contribution in [0.5, 0.6) is 11.5 Å². The molecule has 12 nitrogen and oxygen atoms in total. The van der Waals surface area contributed by atoms with Gasteiger partial charge in [-0.05, 0) is 45.2 Å². The number of hydrogen-bond donors (Lipinski definition) is 0. The summed E-state index contributed by atoms with van der Waals surface area (Å²) in [6.45, 7) is 6.75. The molecule has 1 fully saturated rings. The van der Waals surface area contributed by atoms with Crippen molar-refractivity contribution in [1.82, 2.24) is 9.47 Å². The first kappa shape index (κ1) is 30.0. The van der Waals surface area contributed by atoms with Crippen LogP contribution in [0.2, 0.25) is 0 Å². The molecule has 3 aromatic rings. The number of nitro groups is 1. The SMILES string of the molecule is CCOC(=O)C1=C(C)N=c2s/c(=C/c3cc([N+](=O)[O-])ccc3N3CCN(C)CC3)c(=O)n2[C@H]1c1ccc(OC)cc1OC. The lowest BCUT2D eigenvalue weighted by Gasteiger charge is -2.34. The topological polar surface area (TPSA) is 129 Å². The van der Waals surface area contributed by atoms with Gasteiger partial charge in [0.05, 0.1) is 41.6 Å². The molecular formula is C30H33N5O7S. The number of benzene rings is 2. The van der Waals surface area contributed by atoms with Crippen molar-refractivity contribution in [2.24, 2.45) is 4.99 Å². The number of nitrogens with zero attached hydrogens (tertiary/aromatic N) is 5. The number of allylic oxidation sites excluding steroid dienone is 1. The molecule has 0 N–H and O–H groups in total. The standard InChI is InChI=1S/C30H33N5O7S/c1-6-42-29(37)26-18(2)31-30-34(27(26)22-9-8-21(40-4)17-24(22)41-5)28(36)25(43-30)16-19-15-20(35(38)39)7-10-23(19)33-13-11-32(3)12-14-33/h7-10,15-17,27H,6,11-14H2,1-5H3/b25-16+/t27-/m0/s1. The number of fused-ring (bicyclic) bond motifs is 1. The van der Waals surface area contributed by atoms with Crippen LogP contribution in [0.1, 0.15) is 31.0 Å². The van der Waals surface area contributed by atoms with E-state index in [0.29, 0.717) is 37.7 Å². The van der Waals surface area contributed by atoms with Gasteiger partial charge in [0.25, 0.3) is 11.2 Å². The molecule has 0 aliphatic carbocycles. The maximum Gasteiger partial charge on any atom is 0.338 e. The number of ether oxygens (including phenoxy) is 3. The number of carbonyl (C=O) groups is 1. The third-order valence-corrected chi connectivity index (χ3v) is 8.59. The molecule has 0 spiro atoms. The van der Waals surface area contributed by atoms with Gasteiger partial charge >= 0.3 is 5.97 Å². The zero-order valence-corrected chi connectivity index (χ0v) is 25.5. The van der Waals surface area contributed by atoms with Crippen molar-refractivity contribution in [2.45, 2.75) is 19.9 Å². The lowest BCUT2D eigenvalue weighted by molar-refractivity contribution is -0.384. The highest BCUT2D eigenvalue weighted by Crippen LogP contribution is 2.37. The summed E-state index contributed by atoms with van der Waals surface area (Å²) in [5, 5.41) is 11.7. The highest BCUT2D eigenvalue weighted by atomic mass is 32.1. The molecule has 2 aliphatic heterocycles. The number of carbonyl (C=O) groups excluding carboxylic acids is 1. The number of aromatic nitrogens is 1. The zero-order valence-electron chi connectivity index (χ0n) is 24.7. The highest BCUT2D eigenvalue weighted by Gasteiger charge is 2.35. The van der Waals surface area contributed by atoms with E-state index in [9.17, 15) is 19.7 Å². The third-order valence-electron chi connectivity index (χ3n) is 7.60. The summed E-state index contributed by atoms with van der Waals surface area (Å²) in [5.41, 5.74) is 2.10. The van der Waals surface area contributed by atoms with Crippen LogP contribution in [0.4, 0.5) is 11.4 Å². The largest absolute Gasteiger partial charge is 0.497 e. The van der Waals surface area contributed by atoms with Crippen molar-refractivity contribution >= 4 is 34.8 Å². The smallest absolute Gasteiger partial charge is 0.338 e. The fraction of sp³-hybridized carbons (Fsp3) is 0.367. The van der Waals surface area contributed by atoms with Crippen LogP contribution in [0.25, 0.3) is 6.08 Å². The maximum absolute atomic E-state index is 14.2. The van der Waals surface area contributed by atoms with Gasteiger partial charge in [0.1, 0.15) is 17.5 Å². The van der Waals surface area contributed by atoms with Gasteiger partial charge < -0.3 is 24.0 Å². The van der Waals surface area contributed by atoms with Crippen LogP contribution in [0.3, 0.4) is 0 Å². The Labute approximate surface area is 251 Å². The third kappa shape index (κ3) is 5.77. The van der Waals surface area contributed by atoms with Crippen molar-refractivity contribution in [3.05, 3.63) is 88.6 Å². The summed E-state index contributed by atoms with van der Waals surface area (Å²) < 4.78 is 18.2. The fourth-order valence-corrected chi connectivity index (χ4v) is 6.42. The summed E-state index contributed by atoms with van der Waals surface area (Å²) in [4.78, 5) is 48.1. The Kier molecular flexibility index (Phi) is 8.64. The molecular weight excluding hydrogens is 574 g/mol. The minimum Gasteiger partial charge on any atom is -0.497 e. The molecule has 43 heavy (non-hydrogen) atoms. The first-order valence-corrected chi connectivity index (χ1v) is 14.6. The van der Waals surface area contributed by atoms with Gasteiger partial charge in [0, 0.05) is 61.2 Å². The van der Waals surface area contributed by atoms with Crippen molar-refractivity contribution in [1.29, 1.82) is 0 Å². The Morgan fingerprint density at radius 2 is 1.88 bits per heavy atom. The van der Waals surface area contributed by atoms with Crippen molar-refractivity contribution in [2.75, 3.05) is 59.0 Å². The number of esters is 1. The fourth-order valence-electron chi connectivity index (χ4n) is 5.38. The molecule has 1 saturated heterocycles. The second kappa shape index (κ2) is 12.4. The zero-order chi connectivity index (χ0) is 30.8. The van der Waals surface area contributed by atoms with E-state index in [2.05, 4.69) is 21.8 Å². The van der Waals surface area contributed by atoms with Crippen LogP contribution in [0.15, 0.2) is 57.5 Å². The number of methoxy groups -OCH3 is 2. The van der Waals surface area contributed by atoms with Crippen molar-refractivity contribution in [3.8, 4) is 11.5 Å². The normalized spacial score (nSPS) is 17.4. The molecule has 0 radical (unpaired) electrons. The minimum absolute atomic E-state index is 0.0711. The molecule has 0 amide bonds. The van der Waals surface area contributed by atoms with Crippen molar-refractivity contribution < 1.29 is 23.9 Å². The van der Waals surface area contributed by atoms with E-state index in [1.165, 1.54) is 30.9 Å². The summed E-state index contributed by atoms with van der Waals surface area (Å²) in [6.07, 6.45) is 1.68. The predicted molar refractivity (Wildman–Crippen MR) is 163 cm³/mol. The van der Waals surface area contributed by atoms with E-state index in [1.807, 2.05) is 0 Å². The van der Waals surface area contributed by atoms with E-state index >= 15 is 0 Å². The first-order chi connectivity index (χ1) is 20.7. The molecule has 0 bridgehead atoms. The second-order valence-electron chi connectivity index (χ2n) is 10.2. The monoisotopic (exact) mass is 607 g/mol. The van der Waals surface area contributed by atoms with Crippen LogP contribution >= 0.6 is 11.3 Å². The number of thiazole rings is 1. The Balaban J connectivity index is 1.73. The van der Waals surface area contributed by atoms with E-state index in [0.717, 1.165) is 43.2 Å². The lowest BCUT2D eigenvalue weighted by atomic mass is 9.95. The van der Waals surface area contributed by atoms with Gasteiger partial charge in [0.15, 0.2) is 4.80 Å². The number of piperazine rings is 1. The Hall–Kier alpha value is -4.49. The van der Waals surface area contributed by atoms with Gasteiger partial charge in [-0.25, -0.2) is 9.79 Å². The highest BCUT2D eigenvalue weighted by molar-refractivity contribution is 7.07. The van der Waals surface area contributed by atoms with Crippen LogP contribution in [0, 0.1) is 10.1 Å². The number of rotatable bonds is 8. The van der Waals surface area contributed by atoms with E-state index in [-0.39, 0.29) is 17.9 Å². The van der Waals surface area contributed by atoms with Gasteiger partial charge in [-0.3, -0.25) is 19.5 Å². The molecule has 0 unspecified atom stereocenters. The Bertz CT molecular complexity index is 1790. The Morgan fingerprint density at radius 1 is 1.14 bits per heavy atom. The minimum atomic E-state index is -0.888. The van der Waals surface area contributed by atoms with E-state index in [4.69, 9.17) is 14.2 Å². The molecule has 1 aromatic heterocycles. The molecule has 1 atom stereocenters. The molecule has 0 saturated carbocycles. The lowest BCUT2D eigenvalue weighted by Crippen LogP contribution is -2.44. The summed E-state index contributed by atoms with van der Waals surface area (Å²) in [6, 6.07) is 9.00. The quantitative estimate of drug-likeness (QED) is 0.216. The van der Waals surface area contributed by atoms with Crippen molar-refractivity contribution in [3.63, 3.8) is 0 Å². The van der Waals surface area contributed by atoms with Gasteiger partial charge in [-0.15, -0.1) is 0 Å². The van der Waals surface area contributed by atoms with Crippen LogP contribution in [-0.2, 0) is 9.53 Å². The second-order valence-corrected chi connectivity index (χ2v) is 11.2. The molecule has 5 rings (SSSR count). The predicted octanol–water partition coefficient (Wildman–Crippen LogP) is 2.48. The van der Waals surface area contributed by atoms with E-state index in [1.54, 1.807) is 44.2 Å².